The molecule has 2 aromatic rings. The zero-order chi connectivity index (χ0) is 24.7. The van der Waals surface area contributed by atoms with Crippen LogP contribution in [0.4, 0.5) is 0 Å². The number of carbonyl (C=O) groups is 5. The molecule has 12 heteroatoms. The largest absolute Gasteiger partial charge is 0.481 e. The summed E-state index contributed by atoms with van der Waals surface area (Å²) in [5, 5.41) is 29.2. The maximum absolute atomic E-state index is 12.9. The topological polar surface area (TPSA) is 190 Å². The van der Waals surface area contributed by atoms with Gasteiger partial charge in [0, 0.05) is 23.5 Å². The third-order valence-corrected chi connectivity index (χ3v) is 5.54. The molecule has 0 spiro atoms. The SMILES string of the molecule is O=C(O)CC(NC(=O)C(Cc1c[nH]c2ccccc12)NC(=O)CNC(=O)C1CCCN1)C(=O)O. The fourth-order valence-corrected chi connectivity index (χ4v) is 3.82. The predicted molar refractivity (Wildman–Crippen MR) is 120 cm³/mol. The van der Waals surface area contributed by atoms with E-state index < -0.39 is 42.3 Å². The number of aromatic nitrogens is 1. The summed E-state index contributed by atoms with van der Waals surface area (Å²) in [6, 6.07) is 4.08. The van der Waals surface area contributed by atoms with Crippen molar-refractivity contribution in [2.75, 3.05) is 13.1 Å². The van der Waals surface area contributed by atoms with Gasteiger partial charge in [0.25, 0.3) is 0 Å². The van der Waals surface area contributed by atoms with Gasteiger partial charge in [-0.3, -0.25) is 19.2 Å². The van der Waals surface area contributed by atoms with E-state index in [-0.39, 0.29) is 24.9 Å². The first kappa shape index (κ1) is 24.7. The van der Waals surface area contributed by atoms with E-state index in [9.17, 15) is 29.1 Å². The highest BCUT2D eigenvalue weighted by molar-refractivity contribution is 5.94. The first-order valence-electron chi connectivity index (χ1n) is 10.8. The van der Waals surface area contributed by atoms with Gasteiger partial charge >= 0.3 is 11.9 Å². The van der Waals surface area contributed by atoms with Gasteiger partial charge in [0.15, 0.2) is 0 Å². The van der Waals surface area contributed by atoms with Gasteiger partial charge in [-0.25, -0.2) is 4.79 Å². The Kier molecular flexibility index (Phi) is 8.19. The van der Waals surface area contributed by atoms with E-state index >= 15 is 0 Å². The highest BCUT2D eigenvalue weighted by atomic mass is 16.4. The second-order valence-corrected chi connectivity index (χ2v) is 8.05. The van der Waals surface area contributed by atoms with E-state index in [1.54, 1.807) is 6.20 Å². The number of rotatable bonds is 11. The van der Waals surface area contributed by atoms with Crippen LogP contribution in [0.25, 0.3) is 10.9 Å². The molecule has 12 nitrogen and oxygen atoms in total. The van der Waals surface area contributed by atoms with Gasteiger partial charge in [0.1, 0.15) is 12.1 Å². The highest BCUT2D eigenvalue weighted by Crippen LogP contribution is 2.19. The van der Waals surface area contributed by atoms with E-state index in [0.29, 0.717) is 12.0 Å². The first-order valence-corrected chi connectivity index (χ1v) is 10.8. The quantitative estimate of drug-likeness (QED) is 0.219. The molecule has 7 N–H and O–H groups in total. The molecule has 182 valence electrons. The van der Waals surface area contributed by atoms with Crippen LogP contribution in [0.3, 0.4) is 0 Å². The minimum atomic E-state index is -1.67. The summed E-state index contributed by atoms with van der Waals surface area (Å²) in [4.78, 5) is 63.0. The number of aromatic amines is 1. The van der Waals surface area contributed by atoms with Crippen LogP contribution in [-0.4, -0.2) is 76.1 Å². The molecule has 2 heterocycles. The van der Waals surface area contributed by atoms with Gasteiger partial charge in [-0.2, -0.15) is 0 Å². The Bertz CT molecular complexity index is 1080. The summed E-state index contributed by atoms with van der Waals surface area (Å²) in [6.07, 6.45) is 2.40. The van der Waals surface area contributed by atoms with Crippen LogP contribution in [0.5, 0.6) is 0 Å². The van der Waals surface area contributed by atoms with Gasteiger partial charge in [-0.15, -0.1) is 0 Å². The van der Waals surface area contributed by atoms with E-state index in [1.165, 1.54) is 0 Å². The Morgan fingerprint density at radius 2 is 1.82 bits per heavy atom. The fourth-order valence-electron chi connectivity index (χ4n) is 3.82. The molecule has 3 unspecified atom stereocenters. The Hall–Kier alpha value is -3.93. The summed E-state index contributed by atoms with van der Waals surface area (Å²) in [7, 11) is 0. The van der Waals surface area contributed by atoms with Crippen molar-refractivity contribution in [3.63, 3.8) is 0 Å². The number of benzene rings is 1. The van der Waals surface area contributed by atoms with Gasteiger partial charge in [-0.05, 0) is 31.0 Å². The lowest BCUT2D eigenvalue weighted by Crippen LogP contribution is -2.54. The highest BCUT2D eigenvalue weighted by Gasteiger charge is 2.29. The number of hydrogen-bond acceptors (Lipinski definition) is 6. The molecule has 0 aliphatic carbocycles. The number of fused-ring (bicyclic) bond motifs is 1. The van der Waals surface area contributed by atoms with Gasteiger partial charge in [-0.1, -0.05) is 18.2 Å². The third-order valence-electron chi connectivity index (χ3n) is 5.54. The number of carboxylic acid groups (broad SMARTS) is 2. The minimum Gasteiger partial charge on any atom is -0.481 e. The molecule has 1 fully saturated rings. The second kappa shape index (κ2) is 11.3. The average Bonchev–Trinajstić information content (AvgIpc) is 3.47. The Balaban J connectivity index is 1.71. The van der Waals surface area contributed by atoms with Crippen molar-refractivity contribution >= 4 is 40.6 Å². The van der Waals surface area contributed by atoms with Crippen LogP contribution in [0.1, 0.15) is 24.8 Å². The van der Waals surface area contributed by atoms with Crippen molar-refractivity contribution in [1.82, 2.24) is 26.3 Å². The lowest BCUT2D eigenvalue weighted by molar-refractivity contribution is -0.147. The number of aliphatic carboxylic acids is 2. The number of para-hydroxylation sites is 1. The summed E-state index contributed by atoms with van der Waals surface area (Å²) < 4.78 is 0. The summed E-state index contributed by atoms with van der Waals surface area (Å²) in [6.45, 7) is 0.352. The maximum Gasteiger partial charge on any atom is 0.326 e. The molecule has 0 radical (unpaired) electrons. The molecular formula is C22H27N5O7. The molecule has 34 heavy (non-hydrogen) atoms. The van der Waals surface area contributed by atoms with Crippen LogP contribution < -0.4 is 21.3 Å². The molecule has 3 atom stereocenters. The van der Waals surface area contributed by atoms with Crippen LogP contribution in [0.2, 0.25) is 0 Å². The molecule has 1 aliphatic heterocycles. The zero-order valence-electron chi connectivity index (χ0n) is 18.3. The monoisotopic (exact) mass is 473 g/mol. The molecular weight excluding hydrogens is 446 g/mol. The molecule has 0 bridgehead atoms. The number of carbonyl (C=O) groups excluding carboxylic acids is 3. The summed E-state index contributed by atoms with van der Waals surface area (Å²) in [5.41, 5.74) is 1.51. The second-order valence-electron chi connectivity index (χ2n) is 8.05. The van der Waals surface area contributed by atoms with Crippen molar-refractivity contribution in [3.05, 3.63) is 36.0 Å². The number of nitrogens with one attached hydrogen (secondary N) is 5. The van der Waals surface area contributed by atoms with Crippen LogP contribution in [-0.2, 0) is 30.4 Å². The Labute approximate surface area is 194 Å². The van der Waals surface area contributed by atoms with E-state index in [2.05, 4.69) is 26.3 Å². The van der Waals surface area contributed by atoms with Crippen LogP contribution in [0, 0.1) is 0 Å². The van der Waals surface area contributed by atoms with Crippen molar-refractivity contribution in [2.24, 2.45) is 0 Å². The Morgan fingerprint density at radius 3 is 2.50 bits per heavy atom. The van der Waals surface area contributed by atoms with Crippen molar-refractivity contribution < 1.29 is 34.2 Å². The number of amides is 3. The van der Waals surface area contributed by atoms with E-state index in [0.717, 1.165) is 23.9 Å². The van der Waals surface area contributed by atoms with Crippen molar-refractivity contribution in [2.45, 2.75) is 43.8 Å². The maximum atomic E-state index is 12.9. The van der Waals surface area contributed by atoms with Gasteiger partial charge < -0.3 is 36.5 Å². The summed E-state index contributed by atoms with van der Waals surface area (Å²) >= 11 is 0. The fraction of sp³-hybridized carbons (Fsp3) is 0.409. The molecule has 1 aliphatic rings. The number of hydrogen-bond donors (Lipinski definition) is 7. The average molecular weight is 473 g/mol. The first-order chi connectivity index (χ1) is 16.2. The molecule has 1 aromatic carbocycles. The normalized spacial score (nSPS) is 17.0. The predicted octanol–water partition coefficient (Wildman–Crippen LogP) is -0.892. The number of H-pyrrole nitrogens is 1. The Morgan fingerprint density at radius 1 is 1.06 bits per heavy atom. The number of carboxylic acids is 2. The standard InChI is InChI=1S/C22H27N5O7/c28-18(11-25-20(31)15-6-3-7-23-15)26-16(21(32)27-17(22(33)34)9-19(29)30)8-12-10-24-14-5-2-1-4-13(12)14/h1-2,4-5,10,15-17,23-24H,3,6-9,11H2,(H,25,31)(H,26,28)(H,27,32)(H,29,30)(H,33,34). The zero-order valence-corrected chi connectivity index (χ0v) is 18.3. The van der Waals surface area contributed by atoms with Crippen LogP contribution >= 0.6 is 0 Å². The van der Waals surface area contributed by atoms with Crippen molar-refractivity contribution in [3.8, 4) is 0 Å². The van der Waals surface area contributed by atoms with Gasteiger partial charge in [0.2, 0.25) is 17.7 Å². The summed E-state index contributed by atoms with van der Waals surface area (Å²) in [5.74, 6) is -4.72. The lowest BCUT2D eigenvalue weighted by atomic mass is 10.0. The van der Waals surface area contributed by atoms with E-state index in [4.69, 9.17) is 5.11 Å². The molecule has 1 aromatic heterocycles. The van der Waals surface area contributed by atoms with E-state index in [1.807, 2.05) is 24.3 Å². The molecule has 3 rings (SSSR count). The minimum absolute atomic E-state index is 0.0130. The molecule has 0 saturated carbocycles. The molecule has 1 saturated heterocycles. The smallest absolute Gasteiger partial charge is 0.326 e. The molecule has 3 amide bonds. The van der Waals surface area contributed by atoms with Gasteiger partial charge in [0.05, 0.1) is 19.0 Å². The van der Waals surface area contributed by atoms with Crippen molar-refractivity contribution in [1.29, 1.82) is 0 Å². The third kappa shape index (κ3) is 6.54. The van der Waals surface area contributed by atoms with Crippen LogP contribution in [0.15, 0.2) is 30.5 Å². The lowest BCUT2D eigenvalue weighted by Gasteiger charge is -2.21.